The molecule has 0 aliphatic carbocycles. The molecule has 0 radical (unpaired) electrons. The second kappa shape index (κ2) is 5.89. The van der Waals surface area contributed by atoms with E-state index in [0.717, 1.165) is 35.4 Å². The molecule has 0 saturated carbocycles. The van der Waals surface area contributed by atoms with E-state index in [4.69, 9.17) is 5.73 Å². The van der Waals surface area contributed by atoms with Gasteiger partial charge in [-0.2, -0.15) is 0 Å². The number of thiazole rings is 1. The van der Waals surface area contributed by atoms with E-state index in [2.05, 4.69) is 0 Å². The number of rotatable bonds is 5. The van der Waals surface area contributed by atoms with Gasteiger partial charge in [0.1, 0.15) is 5.82 Å². The molecular formula is C15H19FN2OS. The SMILES string of the molecule is CCC(CC)(CN)n1c(-c2ccc(F)cc2)csc1=O. The third kappa shape index (κ3) is 2.43. The maximum Gasteiger partial charge on any atom is 0.308 e. The van der Waals surface area contributed by atoms with Crippen LogP contribution in [0, 0.1) is 5.82 Å². The summed E-state index contributed by atoms with van der Waals surface area (Å²) in [6.45, 7) is 4.48. The summed E-state index contributed by atoms with van der Waals surface area (Å²) in [7, 11) is 0. The molecule has 3 nitrogen and oxygen atoms in total. The zero-order valence-corrected chi connectivity index (χ0v) is 12.5. The van der Waals surface area contributed by atoms with Gasteiger partial charge in [-0.1, -0.05) is 25.2 Å². The van der Waals surface area contributed by atoms with Gasteiger partial charge < -0.3 is 5.73 Å². The molecule has 1 heterocycles. The molecule has 0 spiro atoms. The first kappa shape index (κ1) is 14.9. The van der Waals surface area contributed by atoms with Crippen molar-refractivity contribution in [2.24, 2.45) is 5.73 Å². The summed E-state index contributed by atoms with van der Waals surface area (Å²) in [6, 6.07) is 6.20. The van der Waals surface area contributed by atoms with E-state index in [1.165, 1.54) is 12.1 Å². The smallest absolute Gasteiger partial charge is 0.308 e. The Morgan fingerprint density at radius 1 is 1.25 bits per heavy atom. The Morgan fingerprint density at radius 3 is 2.35 bits per heavy atom. The van der Waals surface area contributed by atoms with Crippen LogP contribution in [0.3, 0.4) is 0 Å². The van der Waals surface area contributed by atoms with Gasteiger partial charge in [-0.25, -0.2) is 4.39 Å². The van der Waals surface area contributed by atoms with Crippen molar-refractivity contribution < 1.29 is 4.39 Å². The van der Waals surface area contributed by atoms with Crippen molar-refractivity contribution in [2.75, 3.05) is 6.54 Å². The topological polar surface area (TPSA) is 48.0 Å². The Morgan fingerprint density at radius 2 is 1.85 bits per heavy atom. The molecule has 0 saturated heterocycles. The Kier molecular flexibility index (Phi) is 4.40. The van der Waals surface area contributed by atoms with Gasteiger partial charge in [0, 0.05) is 11.9 Å². The Hall–Kier alpha value is -1.46. The number of nitrogens with zero attached hydrogens (tertiary/aromatic N) is 1. The molecule has 1 aromatic heterocycles. The molecule has 0 unspecified atom stereocenters. The molecule has 0 fully saturated rings. The van der Waals surface area contributed by atoms with Crippen molar-refractivity contribution in [3.63, 3.8) is 0 Å². The van der Waals surface area contributed by atoms with Crippen LogP contribution in [0.2, 0.25) is 0 Å². The van der Waals surface area contributed by atoms with E-state index in [0.29, 0.717) is 6.54 Å². The van der Waals surface area contributed by atoms with E-state index in [-0.39, 0.29) is 16.2 Å². The summed E-state index contributed by atoms with van der Waals surface area (Å²) in [5.74, 6) is -0.283. The molecule has 5 heteroatoms. The van der Waals surface area contributed by atoms with Gasteiger partial charge in [-0.15, -0.1) is 0 Å². The van der Waals surface area contributed by atoms with Crippen LogP contribution in [-0.2, 0) is 5.54 Å². The normalized spacial score (nSPS) is 11.8. The van der Waals surface area contributed by atoms with Crippen LogP contribution in [0.5, 0.6) is 0 Å². The highest BCUT2D eigenvalue weighted by molar-refractivity contribution is 7.07. The minimum Gasteiger partial charge on any atom is -0.328 e. The number of nitrogens with two attached hydrogens (primary N) is 1. The summed E-state index contributed by atoms with van der Waals surface area (Å²) in [6.07, 6.45) is 1.57. The molecule has 0 aliphatic heterocycles. The number of benzene rings is 1. The minimum atomic E-state index is -0.374. The molecule has 1 aromatic carbocycles. The summed E-state index contributed by atoms with van der Waals surface area (Å²) in [5.41, 5.74) is 7.22. The van der Waals surface area contributed by atoms with Crippen molar-refractivity contribution in [2.45, 2.75) is 32.2 Å². The van der Waals surface area contributed by atoms with E-state index in [1.54, 1.807) is 16.7 Å². The van der Waals surface area contributed by atoms with Gasteiger partial charge in [0.2, 0.25) is 0 Å². The van der Waals surface area contributed by atoms with E-state index in [9.17, 15) is 9.18 Å². The standard InChI is InChI=1S/C15H19FN2OS/c1-3-15(4-2,10-17)18-13(9-20-14(18)19)11-5-7-12(16)8-6-11/h5-9H,3-4,10,17H2,1-2H3. The Balaban J connectivity index is 2.63. The third-order valence-corrected chi connectivity index (χ3v) is 4.73. The molecule has 0 atom stereocenters. The maximum absolute atomic E-state index is 13.1. The summed E-state index contributed by atoms with van der Waals surface area (Å²) < 4.78 is 14.8. The largest absolute Gasteiger partial charge is 0.328 e. The van der Waals surface area contributed by atoms with E-state index < -0.39 is 0 Å². The van der Waals surface area contributed by atoms with Crippen LogP contribution < -0.4 is 10.6 Å². The van der Waals surface area contributed by atoms with E-state index >= 15 is 0 Å². The molecule has 0 amide bonds. The lowest BCUT2D eigenvalue weighted by molar-refractivity contribution is 0.270. The van der Waals surface area contributed by atoms with Crippen LogP contribution in [0.1, 0.15) is 26.7 Å². The minimum absolute atomic E-state index is 0.0153. The van der Waals surface area contributed by atoms with Gasteiger partial charge in [0.25, 0.3) is 0 Å². The second-order valence-electron chi connectivity index (χ2n) is 4.86. The number of halogens is 1. The fourth-order valence-corrected chi connectivity index (χ4v) is 3.37. The molecule has 2 aromatic rings. The molecule has 2 rings (SSSR count). The lowest BCUT2D eigenvalue weighted by Gasteiger charge is -2.33. The van der Waals surface area contributed by atoms with Crippen LogP contribution >= 0.6 is 11.3 Å². The zero-order chi connectivity index (χ0) is 14.8. The molecule has 108 valence electrons. The highest BCUT2D eigenvalue weighted by Gasteiger charge is 2.30. The molecular weight excluding hydrogens is 275 g/mol. The van der Waals surface area contributed by atoms with Crippen LogP contribution in [0.15, 0.2) is 34.4 Å². The lowest BCUT2D eigenvalue weighted by Crippen LogP contribution is -2.44. The van der Waals surface area contributed by atoms with Gasteiger partial charge in [0.05, 0.1) is 11.2 Å². The summed E-state index contributed by atoms with van der Waals surface area (Å²) in [4.78, 5) is 12.2. The van der Waals surface area contributed by atoms with Gasteiger partial charge in [0.15, 0.2) is 0 Å². The molecule has 0 bridgehead atoms. The number of hydrogen-bond acceptors (Lipinski definition) is 3. The average Bonchev–Trinajstić information content (AvgIpc) is 2.85. The van der Waals surface area contributed by atoms with Crippen LogP contribution in [0.4, 0.5) is 4.39 Å². The predicted octanol–water partition coefficient (Wildman–Crippen LogP) is 3.19. The molecule has 0 aliphatic rings. The second-order valence-corrected chi connectivity index (χ2v) is 5.69. The van der Waals surface area contributed by atoms with Crippen LogP contribution in [-0.4, -0.2) is 11.1 Å². The molecule has 2 N–H and O–H groups in total. The first-order valence-corrected chi connectivity index (χ1v) is 7.63. The van der Waals surface area contributed by atoms with Gasteiger partial charge >= 0.3 is 4.87 Å². The monoisotopic (exact) mass is 294 g/mol. The first-order chi connectivity index (χ1) is 9.57. The quantitative estimate of drug-likeness (QED) is 0.920. The highest BCUT2D eigenvalue weighted by atomic mass is 32.1. The summed E-state index contributed by atoms with van der Waals surface area (Å²) >= 11 is 1.16. The fourth-order valence-electron chi connectivity index (χ4n) is 2.52. The highest BCUT2D eigenvalue weighted by Crippen LogP contribution is 2.30. The Bertz CT molecular complexity index is 618. The zero-order valence-electron chi connectivity index (χ0n) is 11.7. The molecule has 20 heavy (non-hydrogen) atoms. The van der Waals surface area contributed by atoms with Crippen molar-refractivity contribution >= 4 is 11.3 Å². The fraction of sp³-hybridized carbons (Fsp3) is 0.400. The predicted molar refractivity (Wildman–Crippen MR) is 81.6 cm³/mol. The van der Waals surface area contributed by atoms with Crippen molar-refractivity contribution in [1.29, 1.82) is 0 Å². The van der Waals surface area contributed by atoms with Gasteiger partial charge in [-0.05, 0) is 42.7 Å². The summed E-state index contributed by atoms with van der Waals surface area (Å²) in [5, 5.41) is 1.82. The van der Waals surface area contributed by atoms with Crippen molar-refractivity contribution in [3.8, 4) is 11.3 Å². The Labute approximate surface area is 121 Å². The van der Waals surface area contributed by atoms with Crippen LogP contribution in [0.25, 0.3) is 11.3 Å². The first-order valence-electron chi connectivity index (χ1n) is 6.75. The third-order valence-electron chi connectivity index (χ3n) is 4.01. The number of hydrogen-bond donors (Lipinski definition) is 1. The lowest BCUT2D eigenvalue weighted by atomic mass is 9.92. The van der Waals surface area contributed by atoms with Crippen molar-refractivity contribution in [1.82, 2.24) is 4.57 Å². The van der Waals surface area contributed by atoms with Crippen molar-refractivity contribution in [3.05, 3.63) is 45.1 Å². The van der Waals surface area contributed by atoms with E-state index in [1.807, 2.05) is 19.2 Å². The maximum atomic E-state index is 13.1. The number of aromatic nitrogens is 1. The van der Waals surface area contributed by atoms with Gasteiger partial charge in [-0.3, -0.25) is 9.36 Å². The average molecular weight is 294 g/mol.